The van der Waals surface area contributed by atoms with Gasteiger partial charge in [-0.05, 0) is 19.4 Å². The van der Waals surface area contributed by atoms with Gasteiger partial charge in [0.1, 0.15) is 30.1 Å². The Balaban J connectivity index is 1.68. The minimum absolute atomic E-state index is 0.885. The lowest BCUT2D eigenvalue weighted by molar-refractivity contribution is -0.906. The number of hydrogen-bond donors (Lipinski definition) is 2. The first-order valence-corrected chi connectivity index (χ1v) is 7.93. The number of aromatic nitrogens is 2. The lowest BCUT2D eigenvalue weighted by atomic mass is 10.2. The smallest absolute Gasteiger partial charge is 0.138 e. The molecule has 0 atom stereocenters. The Bertz CT molecular complexity index is 592. The fourth-order valence-electron chi connectivity index (χ4n) is 2.58. The number of fused-ring (bicyclic) bond motifs is 1. The Morgan fingerprint density at radius 1 is 1.30 bits per heavy atom. The molecule has 108 valence electrons. The summed E-state index contributed by atoms with van der Waals surface area (Å²) < 4.78 is 5.38. The number of quaternary nitrogens is 1. The minimum Gasteiger partial charge on any atom is -0.370 e. The van der Waals surface area contributed by atoms with Gasteiger partial charge in [-0.1, -0.05) is 0 Å². The summed E-state index contributed by atoms with van der Waals surface area (Å²) in [6, 6.07) is 0. The fraction of sp³-hybridized carbons (Fsp3) is 0.571. The second-order valence-corrected chi connectivity index (χ2v) is 6.43. The monoisotopic (exact) mass is 293 g/mol. The third-order valence-corrected chi connectivity index (χ3v) is 5.05. The van der Waals surface area contributed by atoms with Gasteiger partial charge in [0.2, 0.25) is 0 Å². The molecular weight excluding hydrogens is 272 g/mol. The summed E-state index contributed by atoms with van der Waals surface area (Å²) in [4.78, 5) is 12.8. The first kappa shape index (κ1) is 13.7. The number of nitrogens with one attached hydrogen (secondary N) is 2. The maximum absolute atomic E-state index is 5.38. The van der Waals surface area contributed by atoms with E-state index in [1.54, 1.807) is 22.6 Å². The van der Waals surface area contributed by atoms with Gasteiger partial charge >= 0.3 is 0 Å². The Morgan fingerprint density at radius 3 is 2.90 bits per heavy atom. The van der Waals surface area contributed by atoms with Crippen LogP contribution in [0.3, 0.4) is 0 Å². The van der Waals surface area contributed by atoms with Gasteiger partial charge in [0, 0.05) is 4.88 Å². The van der Waals surface area contributed by atoms with Crippen LogP contribution in [0, 0.1) is 13.8 Å². The number of nitrogens with zero attached hydrogens (tertiary/aromatic N) is 2. The van der Waals surface area contributed by atoms with Gasteiger partial charge in [-0.25, -0.2) is 9.97 Å². The molecule has 20 heavy (non-hydrogen) atoms. The summed E-state index contributed by atoms with van der Waals surface area (Å²) in [5, 5.41) is 4.67. The third-order valence-electron chi connectivity index (χ3n) is 3.94. The van der Waals surface area contributed by atoms with Gasteiger partial charge in [0.25, 0.3) is 0 Å². The van der Waals surface area contributed by atoms with Crippen molar-refractivity contribution in [1.29, 1.82) is 0 Å². The van der Waals surface area contributed by atoms with Crippen LogP contribution in [0.5, 0.6) is 0 Å². The molecule has 1 aliphatic heterocycles. The molecule has 0 aromatic carbocycles. The van der Waals surface area contributed by atoms with Gasteiger partial charge in [-0.2, -0.15) is 0 Å². The van der Waals surface area contributed by atoms with Crippen molar-refractivity contribution in [3.05, 3.63) is 16.8 Å². The highest BCUT2D eigenvalue weighted by Crippen LogP contribution is 2.32. The molecule has 2 N–H and O–H groups in total. The van der Waals surface area contributed by atoms with E-state index in [1.165, 1.54) is 15.8 Å². The molecule has 0 radical (unpaired) electrons. The summed E-state index contributed by atoms with van der Waals surface area (Å²) in [6.07, 6.45) is 1.65. The van der Waals surface area contributed by atoms with E-state index in [0.29, 0.717) is 0 Å². The quantitative estimate of drug-likeness (QED) is 0.868. The predicted octanol–water partition coefficient (Wildman–Crippen LogP) is 0.635. The van der Waals surface area contributed by atoms with Crippen LogP contribution in [0.1, 0.15) is 10.4 Å². The number of hydrogen-bond acceptors (Lipinski definition) is 5. The largest absolute Gasteiger partial charge is 0.370 e. The van der Waals surface area contributed by atoms with Gasteiger partial charge < -0.3 is 15.0 Å². The minimum atomic E-state index is 0.885. The molecule has 3 rings (SSSR count). The van der Waals surface area contributed by atoms with E-state index in [0.717, 1.165) is 50.0 Å². The van der Waals surface area contributed by atoms with Crippen molar-refractivity contribution in [2.45, 2.75) is 13.8 Å². The average Bonchev–Trinajstić information content (AvgIpc) is 2.76. The lowest BCUT2D eigenvalue weighted by Gasteiger charge is -2.23. The Morgan fingerprint density at radius 2 is 2.10 bits per heavy atom. The first-order chi connectivity index (χ1) is 9.75. The summed E-state index contributed by atoms with van der Waals surface area (Å²) in [7, 11) is 0. The maximum atomic E-state index is 5.38. The maximum Gasteiger partial charge on any atom is 0.138 e. The number of ether oxygens (including phenoxy) is 1. The first-order valence-electron chi connectivity index (χ1n) is 7.11. The molecule has 1 aliphatic rings. The van der Waals surface area contributed by atoms with Crippen LogP contribution in [0.4, 0.5) is 5.82 Å². The molecule has 0 unspecified atom stereocenters. The number of morpholine rings is 1. The van der Waals surface area contributed by atoms with Crippen LogP contribution in [0.25, 0.3) is 10.2 Å². The zero-order chi connectivity index (χ0) is 13.9. The molecule has 0 aliphatic carbocycles. The van der Waals surface area contributed by atoms with Crippen LogP contribution < -0.4 is 10.2 Å². The van der Waals surface area contributed by atoms with Crippen molar-refractivity contribution < 1.29 is 9.64 Å². The molecule has 1 fully saturated rings. The molecule has 0 spiro atoms. The number of rotatable bonds is 4. The number of aryl methyl sites for hydroxylation is 2. The summed E-state index contributed by atoms with van der Waals surface area (Å²) >= 11 is 1.74. The predicted molar refractivity (Wildman–Crippen MR) is 81.8 cm³/mol. The molecule has 0 amide bonds. The second kappa shape index (κ2) is 6.03. The normalized spacial score (nSPS) is 16.7. The highest BCUT2D eigenvalue weighted by Gasteiger charge is 2.14. The third kappa shape index (κ3) is 2.77. The Hall–Kier alpha value is -1.24. The van der Waals surface area contributed by atoms with E-state index in [2.05, 4.69) is 29.1 Å². The van der Waals surface area contributed by atoms with E-state index in [9.17, 15) is 0 Å². The zero-order valence-electron chi connectivity index (χ0n) is 12.0. The van der Waals surface area contributed by atoms with Gasteiger partial charge in [-0.15, -0.1) is 11.3 Å². The van der Waals surface area contributed by atoms with Crippen molar-refractivity contribution >= 4 is 27.4 Å². The number of anilines is 1. The molecule has 0 saturated carbocycles. The topological polar surface area (TPSA) is 51.5 Å². The summed E-state index contributed by atoms with van der Waals surface area (Å²) in [5.41, 5.74) is 1.30. The van der Waals surface area contributed by atoms with Crippen LogP contribution in [-0.2, 0) is 4.74 Å². The molecule has 5 nitrogen and oxygen atoms in total. The van der Waals surface area contributed by atoms with E-state index >= 15 is 0 Å². The highest BCUT2D eigenvalue weighted by atomic mass is 32.1. The fourth-order valence-corrected chi connectivity index (χ4v) is 3.58. The van der Waals surface area contributed by atoms with Gasteiger partial charge in [0.15, 0.2) is 0 Å². The molecule has 2 aromatic heterocycles. The molecule has 1 saturated heterocycles. The van der Waals surface area contributed by atoms with Crippen molar-refractivity contribution in [3.8, 4) is 0 Å². The Labute approximate surface area is 123 Å². The molecular formula is C14H21N4OS+. The number of thiophene rings is 1. The van der Waals surface area contributed by atoms with Crippen molar-refractivity contribution in [1.82, 2.24) is 9.97 Å². The van der Waals surface area contributed by atoms with Crippen LogP contribution in [-0.4, -0.2) is 49.4 Å². The van der Waals surface area contributed by atoms with E-state index in [-0.39, 0.29) is 0 Å². The van der Waals surface area contributed by atoms with Crippen molar-refractivity contribution in [3.63, 3.8) is 0 Å². The van der Waals surface area contributed by atoms with Crippen LogP contribution in [0.2, 0.25) is 0 Å². The van der Waals surface area contributed by atoms with E-state index in [4.69, 9.17) is 4.74 Å². The van der Waals surface area contributed by atoms with Crippen molar-refractivity contribution in [2.75, 3.05) is 44.7 Å². The second-order valence-electron chi connectivity index (χ2n) is 5.22. The highest BCUT2D eigenvalue weighted by molar-refractivity contribution is 7.18. The molecule has 0 bridgehead atoms. The summed E-state index contributed by atoms with van der Waals surface area (Å²) in [5.74, 6) is 0.976. The average molecular weight is 293 g/mol. The van der Waals surface area contributed by atoms with E-state index < -0.39 is 0 Å². The standard InChI is InChI=1S/C14H20N4OS/c1-10-11(2)20-14-12(10)13(16-9-17-14)15-3-4-18-5-7-19-8-6-18/h9H,3-8H2,1-2H3,(H,15,16,17)/p+1. The summed E-state index contributed by atoms with van der Waals surface area (Å²) in [6.45, 7) is 10.3. The van der Waals surface area contributed by atoms with Crippen LogP contribution in [0.15, 0.2) is 6.33 Å². The molecule has 6 heteroatoms. The van der Waals surface area contributed by atoms with Gasteiger partial charge in [0.05, 0.1) is 31.7 Å². The lowest BCUT2D eigenvalue weighted by Crippen LogP contribution is -3.14. The Kier molecular flexibility index (Phi) is 4.14. The van der Waals surface area contributed by atoms with E-state index in [1.807, 2.05) is 0 Å². The molecule has 3 heterocycles. The van der Waals surface area contributed by atoms with Crippen molar-refractivity contribution in [2.24, 2.45) is 0 Å². The zero-order valence-corrected chi connectivity index (χ0v) is 12.8. The molecule has 2 aromatic rings. The van der Waals surface area contributed by atoms with Gasteiger partial charge in [-0.3, -0.25) is 0 Å². The SMILES string of the molecule is Cc1sc2ncnc(NCC[NH+]3CCOCC3)c2c1C. The van der Waals surface area contributed by atoms with Crippen LogP contribution >= 0.6 is 11.3 Å².